The standard InChI is InChI=1S/C4H13O2PSi/c1-5-7-6-8(2,3)4/h7H,1-4H3. The van der Waals surface area contributed by atoms with E-state index in [-0.39, 0.29) is 9.03 Å². The van der Waals surface area contributed by atoms with Crippen LogP contribution in [-0.2, 0) is 8.74 Å². The molecule has 0 rings (SSSR count). The van der Waals surface area contributed by atoms with E-state index >= 15 is 0 Å². The summed E-state index contributed by atoms with van der Waals surface area (Å²) in [5, 5.41) is 0. The van der Waals surface area contributed by atoms with E-state index in [2.05, 4.69) is 19.6 Å². The summed E-state index contributed by atoms with van der Waals surface area (Å²) < 4.78 is 10.1. The Morgan fingerprint density at radius 2 is 1.75 bits per heavy atom. The van der Waals surface area contributed by atoms with Crippen molar-refractivity contribution in [3.63, 3.8) is 0 Å². The number of rotatable bonds is 3. The lowest BCUT2D eigenvalue weighted by Crippen LogP contribution is -2.20. The quantitative estimate of drug-likeness (QED) is 0.455. The van der Waals surface area contributed by atoms with Crippen molar-refractivity contribution >= 4 is 17.4 Å². The Bertz CT molecular complexity index is 61.5. The molecule has 0 saturated heterocycles. The Balaban J connectivity index is 3.11. The molecule has 0 aromatic heterocycles. The highest BCUT2D eigenvalue weighted by atomic mass is 31.1. The molecule has 0 aromatic carbocycles. The Labute approximate surface area is 53.7 Å². The molecule has 0 aliphatic carbocycles. The van der Waals surface area contributed by atoms with Crippen LogP contribution in [0.15, 0.2) is 0 Å². The molecule has 4 heteroatoms. The smallest absolute Gasteiger partial charge is 0.191 e. The lowest BCUT2D eigenvalue weighted by Gasteiger charge is -2.14. The van der Waals surface area contributed by atoms with Crippen molar-refractivity contribution in [3.05, 3.63) is 0 Å². The highest BCUT2D eigenvalue weighted by Crippen LogP contribution is 2.19. The van der Waals surface area contributed by atoms with E-state index in [9.17, 15) is 0 Å². The van der Waals surface area contributed by atoms with Crippen molar-refractivity contribution in [2.45, 2.75) is 19.6 Å². The zero-order valence-electron chi connectivity index (χ0n) is 5.82. The Morgan fingerprint density at radius 1 is 1.25 bits per heavy atom. The Hall–Kier alpha value is 0.567. The van der Waals surface area contributed by atoms with Crippen LogP contribution in [0.1, 0.15) is 0 Å². The monoisotopic (exact) mass is 152 g/mol. The fourth-order valence-corrected chi connectivity index (χ4v) is 1.50. The van der Waals surface area contributed by atoms with E-state index in [1.54, 1.807) is 7.11 Å². The summed E-state index contributed by atoms with van der Waals surface area (Å²) in [4.78, 5) is 0. The molecule has 0 amide bonds. The molecular formula is C4H13O2PSi. The molecule has 0 aliphatic rings. The molecular weight excluding hydrogens is 139 g/mol. The van der Waals surface area contributed by atoms with Gasteiger partial charge >= 0.3 is 0 Å². The number of hydrogen-bond donors (Lipinski definition) is 0. The highest BCUT2D eigenvalue weighted by molar-refractivity contribution is 7.29. The van der Waals surface area contributed by atoms with Gasteiger partial charge in [0.1, 0.15) is 9.03 Å². The van der Waals surface area contributed by atoms with Gasteiger partial charge in [0.05, 0.1) is 0 Å². The normalized spacial score (nSPS) is 13.5. The van der Waals surface area contributed by atoms with Gasteiger partial charge in [-0.2, -0.15) is 0 Å². The van der Waals surface area contributed by atoms with Crippen LogP contribution in [0.5, 0.6) is 0 Å². The summed E-state index contributed by atoms with van der Waals surface area (Å²) in [6.45, 7) is 6.41. The first-order valence-electron chi connectivity index (χ1n) is 2.52. The zero-order chi connectivity index (χ0) is 6.62. The Morgan fingerprint density at radius 3 is 1.88 bits per heavy atom. The van der Waals surface area contributed by atoms with Gasteiger partial charge in [-0.05, 0) is 19.6 Å². The molecule has 0 bridgehead atoms. The van der Waals surface area contributed by atoms with E-state index in [0.717, 1.165) is 0 Å². The van der Waals surface area contributed by atoms with Gasteiger partial charge < -0.3 is 8.74 Å². The predicted molar refractivity (Wildman–Crippen MR) is 39.8 cm³/mol. The minimum atomic E-state index is -1.29. The minimum Gasteiger partial charge on any atom is -0.378 e. The average molecular weight is 152 g/mol. The van der Waals surface area contributed by atoms with Gasteiger partial charge in [0.15, 0.2) is 8.32 Å². The van der Waals surface area contributed by atoms with E-state index in [4.69, 9.17) is 8.74 Å². The van der Waals surface area contributed by atoms with Gasteiger partial charge in [-0.3, -0.25) is 0 Å². The fourth-order valence-electron chi connectivity index (χ4n) is 0.167. The third-order valence-electron chi connectivity index (χ3n) is 0.431. The van der Waals surface area contributed by atoms with Crippen LogP contribution in [0.2, 0.25) is 19.6 Å². The summed E-state index contributed by atoms with van der Waals surface area (Å²) in [7, 11) is 0.589. The minimum absolute atomic E-state index is 0.228. The molecule has 0 radical (unpaired) electrons. The molecule has 2 nitrogen and oxygen atoms in total. The first-order valence-corrected chi connectivity index (χ1v) is 6.75. The molecule has 0 saturated carbocycles. The van der Waals surface area contributed by atoms with E-state index in [1.165, 1.54) is 0 Å². The van der Waals surface area contributed by atoms with Gasteiger partial charge in [0, 0.05) is 7.11 Å². The predicted octanol–water partition coefficient (Wildman–Crippen LogP) is 1.99. The molecule has 0 aliphatic heterocycles. The topological polar surface area (TPSA) is 18.5 Å². The Kier molecular flexibility index (Phi) is 3.82. The molecule has 8 heavy (non-hydrogen) atoms. The van der Waals surface area contributed by atoms with Crippen LogP contribution in [0, 0.1) is 0 Å². The maximum atomic E-state index is 5.32. The summed E-state index contributed by atoms with van der Waals surface area (Å²) in [6, 6.07) is 0. The van der Waals surface area contributed by atoms with Crippen LogP contribution < -0.4 is 0 Å². The van der Waals surface area contributed by atoms with Crippen LogP contribution in [0.4, 0.5) is 0 Å². The first-order chi connectivity index (χ1) is 3.56. The van der Waals surface area contributed by atoms with Gasteiger partial charge in [-0.25, -0.2) is 0 Å². The van der Waals surface area contributed by atoms with Crippen molar-refractivity contribution < 1.29 is 8.74 Å². The molecule has 0 aromatic rings. The second-order valence-electron chi connectivity index (χ2n) is 2.50. The molecule has 1 atom stereocenters. The summed E-state index contributed by atoms with van der Waals surface area (Å²) >= 11 is 0. The molecule has 0 heterocycles. The zero-order valence-corrected chi connectivity index (χ0v) is 7.82. The summed E-state index contributed by atoms with van der Waals surface area (Å²) in [5.41, 5.74) is 0. The van der Waals surface area contributed by atoms with Crippen molar-refractivity contribution in [2.24, 2.45) is 0 Å². The third-order valence-corrected chi connectivity index (χ3v) is 3.38. The van der Waals surface area contributed by atoms with Gasteiger partial charge in [0.2, 0.25) is 0 Å². The van der Waals surface area contributed by atoms with Gasteiger partial charge in [-0.15, -0.1) is 0 Å². The largest absolute Gasteiger partial charge is 0.378 e. The fraction of sp³-hybridized carbons (Fsp3) is 1.00. The molecule has 1 unspecified atom stereocenters. The molecule has 0 N–H and O–H groups in total. The maximum Gasteiger partial charge on any atom is 0.191 e. The van der Waals surface area contributed by atoms with Crippen molar-refractivity contribution in [3.8, 4) is 0 Å². The summed E-state index contributed by atoms with van der Waals surface area (Å²) in [6.07, 6.45) is 0. The van der Waals surface area contributed by atoms with Crippen molar-refractivity contribution in [1.82, 2.24) is 0 Å². The van der Waals surface area contributed by atoms with E-state index < -0.39 is 8.32 Å². The van der Waals surface area contributed by atoms with E-state index in [0.29, 0.717) is 0 Å². The molecule has 0 fully saturated rings. The first kappa shape index (κ1) is 8.57. The van der Waals surface area contributed by atoms with Crippen LogP contribution >= 0.6 is 9.03 Å². The van der Waals surface area contributed by atoms with Crippen LogP contribution in [0.3, 0.4) is 0 Å². The highest BCUT2D eigenvalue weighted by Gasteiger charge is 2.13. The van der Waals surface area contributed by atoms with Gasteiger partial charge in [-0.1, -0.05) is 0 Å². The average Bonchev–Trinajstić information content (AvgIpc) is 1.59. The number of hydrogen-bond acceptors (Lipinski definition) is 2. The van der Waals surface area contributed by atoms with Crippen LogP contribution in [0.25, 0.3) is 0 Å². The van der Waals surface area contributed by atoms with Gasteiger partial charge in [0.25, 0.3) is 0 Å². The van der Waals surface area contributed by atoms with Crippen LogP contribution in [-0.4, -0.2) is 15.4 Å². The lowest BCUT2D eigenvalue weighted by atomic mass is 11.8. The second kappa shape index (κ2) is 3.57. The van der Waals surface area contributed by atoms with E-state index in [1.807, 2.05) is 0 Å². The molecule has 50 valence electrons. The SMILES string of the molecule is COPO[Si](C)(C)C. The second-order valence-corrected chi connectivity index (χ2v) is 8.12. The molecule has 0 spiro atoms. The lowest BCUT2D eigenvalue weighted by molar-refractivity contribution is 0.416. The maximum absolute atomic E-state index is 5.32. The summed E-state index contributed by atoms with van der Waals surface area (Å²) in [5.74, 6) is 0. The third kappa shape index (κ3) is 6.57. The van der Waals surface area contributed by atoms with Crippen molar-refractivity contribution in [1.29, 1.82) is 0 Å². The van der Waals surface area contributed by atoms with Crippen molar-refractivity contribution in [2.75, 3.05) is 7.11 Å².